The third kappa shape index (κ3) is 5.01. The number of ether oxygens (including phenoxy) is 1. The number of carboxylic acid groups (broad SMARTS) is 1. The molecule has 0 amide bonds. The molecule has 0 bridgehead atoms. The van der Waals surface area contributed by atoms with Crippen molar-refractivity contribution in [3.8, 4) is 11.1 Å². The number of carboxylic acids is 1. The second-order valence-corrected chi connectivity index (χ2v) is 10.0. The first-order valence-electron chi connectivity index (χ1n) is 11.2. The standard InChI is InChI=1S/C28H29ClN2O3/c1-17-6-10-20(11-7-17)24-22-14-15-31(16-19-8-12-21(29)13-9-19)26(22)30-18(2)23(24)25(27(32)33)34-28(3,4)5/h6-15,25H,16H2,1-5H3,(H,32,33). The van der Waals surface area contributed by atoms with E-state index in [2.05, 4.69) is 4.57 Å². The van der Waals surface area contributed by atoms with Crippen molar-refractivity contribution in [1.82, 2.24) is 9.55 Å². The first-order valence-corrected chi connectivity index (χ1v) is 11.6. The Morgan fingerprint density at radius 2 is 1.71 bits per heavy atom. The molecule has 0 saturated heterocycles. The predicted octanol–water partition coefficient (Wildman–Crippen LogP) is 6.96. The lowest BCUT2D eigenvalue weighted by atomic mass is 9.92. The second kappa shape index (κ2) is 9.24. The minimum absolute atomic E-state index is 0.586. The van der Waals surface area contributed by atoms with Gasteiger partial charge in [-0.25, -0.2) is 9.78 Å². The highest BCUT2D eigenvalue weighted by atomic mass is 35.5. The van der Waals surface area contributed by atoms with Crippen molar-refractivity contribution in [3.05, 3.63) is 88.2 Å². The van der Waals surface area contributed by atoms with Crippen LogP contribution in [-0.2, 0) is 16.1 Å². The maximum atomic E-state index is 12.4. The highest BCUT2D eigenvalue weighted by Gasteiger charge is 2.32. The molecule has 0 aliphatic carbocycles. The van der Waals surface area contributed by atoms with Crippen LogP contribution in [0.4, 0.5) is 0 Å². The number of benzene rings is 2. The Hall–Kier alpha value is -3.15. The van der Waals surface area contributed by atoms with Crippen LogP contribution in [0.3, 0.4) is 0 Å². The number of hydrogen-bond donors (Lipinski definition) is 1. The normalized spacial score (nSPS) is 12.8. The van der Waals surface area contributed by atoms with Crippen LogP contribution in [0.2, 0.25) is 5.02 Å². The van der Waals surface area contributed by atoms with Gasteiger partial charge in [0.15, 0.2) is 6.10 Å². The molecule has 5 nitrogen and oxygen atoms in total. The van der Waals surface area contributed by atoms with Gasteiger partial charge in [0.05, 0.1) is 5.60 Å². The van der Waals surface area contributed by atoms with Crippen LogP contribution in [0.1, 0.15) is 49.3 Å². The molecule has 0 saturated carbocycles. The number of nitrogens with zero attached hydrogens (tertiary/aromatic N) is 2. The van der Waals surface area contributed by atoms with E-state index >= 15 is 0 Å². The van der Waals surface area contributed by atoms with E-state index in [1.807, 2.05) is 95.4 Å². The summed E-state index contributed by atoms with van der Waals surface area (Å²) in [6, 6.07) is 17.9. The summed E-state index contributed by atoms with van der Waals surface area (Å²) >= 11 is 6.05. The molecule has 34 heavy (non-hydrogen) atoms. The summed E-state index contributed by atoms with van der Waals surface area (Å²) in [5.41, 5.74) is 5.38. The van der Waals surface area contributed by atoms with Gasteiger partial charge in [0, 0.05) is 40.0 Å². The van der Waals surface area contributed by atoms with Gasteiger partial charge < -0.3 is 14.4 Å². The van der Waals surface area contributed by atoms with E-state index in [0.717, 1.165) is 33.3 Å². The van der Waals surface area contributed by atoms with E-state index in [1.165, 1.54) is 0 Å². The Kier molecular flexibility index (Phi) is 6.52. The number of rotatable bonds is 6. The number of fused-ring (bicyclic) bond motifs is 1. The van der Waals surface area contributed by atoms with Crippen molar-refractivity contribution in [2.24, 2.45) is 0 Å². The smallest absolute Gasteiger partial charge is 0.337 e. The van der Waals surface area contributed by atoms with Gasteiger partial charge in [-0.15, -0.1) is 0 Å². The number of hydrogen-bond acceptors (Lipinski definition) is 3. The fourth-order valence-electron chi connectivity index (χ4n) is 4.18. The van der Waals surface area contributed by atoms with E-state index in [-0.39, 0.29) is 0 Å². The number of pyridine rings is 1. The van der Waals surface area contributed by atoms with E-state index < -0.39 is 17.7 Å². The number of aromatic nitrogens is 2. The molecule has 0 spiro atoms. The average Bonchev–Trinajstić information content (AvgIpc) is 3.15. The monoisotopic (exact) mass is 476 g/mol. The van der Waals surface area contributed by atoms with Crippen LogP contribution < -0.4 is 0 Å². The molecule has 176 valence electrons. The van der Waals surface area contributed by atoms with Crippen LogP contribution in [0.25, 0.3) is 22.2 Å². The van der Waals surface area contributed by atoms with E-state index in [9.17, 15) is 9.90 Å². The van der Waals surface area contributed by atoms with Crippen molar-refractivity contribution in [2.45, 2.75) is 52.9 Å². The van der Waals surface area contributed by atoms with Crippen LogP contribution in [0.15, 0.2) is 60.8 Å². The zero-order chi connectivity index (χ0) is 24.6. The van der Waals surface area contributed by atoms with Gasteiger partial charge in [-0.1, -0.05) is 53.6 Å². The lowest BCUT2D eigenvalue weighted by Gasteiger charge is -2.28. The highest BCUT2D eigenvalue weighted by molar-refractivity contribution is 6.30. The van der Waals surface area contributed by atoms with Crippen molar-refractivity contribution >= 4 is 28.6 Å². The zero-order valence-electron chi connectivity index (χ0n) is 20.1. The minimum Gasteiger partial charge on any atom is -0.479 e. The Balaban J connectivity index is 1.95. The Labute approximate surface area is 205 Å². The summed E-state index contributed by atoms with van der Waals surface area (Å²) < 4.78 is 8.13. The molecular weight excluding hydrogens is 448 g/mol. The maximum Gasteiger partial charge on any atom is 0.337 e. The lowest BCUT2D eigenvalue weighted by Crippen LogP contribution is -2.28. The van der Waals surface area contributed by atoms with E-state index in [1.54, 1.807) is 0 Å². The first kappa shape index (κ1) is 24.0. The topological polar surface area (TPSA) is 64.3 Å². The number of halogens is 1. The summed E-state index contributed by atoms with van der Waals surface area (Å²) in [5.74, 6) is -1.03. The SMILES string of the molecule is Cc1ccc(-c2c(C(OC(C)(C)C)C(=O)O)c(C)nc3c2ccn3Cc2ccc(Cl)cc2)cc1. The predicted molar refractivity (Wildman–Crippen MR) is 136 cm³/mol. The van der Waals surface area contributed by atoms with Crippen molar-refractivity contribution < 1.29 is 14.6 Å². The maximum absolute atomic E-state index is 12.4. The van der Waals surface area contributed by atoms with Gasteiger partial charge in [0.25, 0.3) is 0 Å². The van der Waals surface area contributed by atoms with Crippen LogP contribution in [0, 0.1) is 13.8 Å². The number of carbonyl (C=O) groups is 1. The highest BCUT2D eigenvalue weighted by Crippen LogP contribution is 2.39. The average molecular weight is 477 g/mol. The van der Waals surface area contributed by atoms with Gasteiger partial charge in [-0.3, -0.25) is 0 Å². The van der Waals surface area contributed by atoms with Gasteiger partial charge in [0.1, 0.15) is 5.65 Å². The molecule has 1 unspecified atom stereocenters. The molecule has 0 radical (unpaired) electrons. The summed E-state index contributed by atoms with van der Waals surface area (Å²) in [5, 5.41) is 11.7. The number of aliphatic carboxylic acids is 1. The van der Waals surface area contributed by atoms with Gasteiger partial charge >= 0.3 is 5.97 Å². The van der Waals surface area contributed by atoms with Crippen molar-refractivity contribution in [3.63, 3.8) is 0 Å². The van der Waals surface area contributed by atoms with Gasteiger partial charge in [0.2, 0.25) is 0 Å². The summed E-state index contributed by atoms with van der Waals surface area (Å²) in [4.78, 5) is 17.3. The van der Waals surface area contributed by atoms with Crippen LogP contribution >= 0.6 is 11.6 Å². The fraction of sp³-hybridized carbons (Fsp3) is 0.286. The molecule has 2 aromatic heterocycles. The Morgan fingerprint density at radius 1 is 1.06 bits per heavy atom. The minimum atomic E-state index is -1.15. The summed E-state index contributed by atoms with van der Waals surface area (Å²) in [6.45, 7) is 10.1. The van der Waals surface area contributed by atoms with E-state index in [4.69, 9.17) is 21.3 Å². The molecule has 0 aliphatic rings. The second-order valence-electron chi connectivity index (χ2n) is 9.61. The Bertz CT molecular complexity index is 1330. The molecule has 1 atom stereocenters. The third-order valence-corrected chi connectivity index (χ3v) is 5.95. The summed E-state index contributed by atoms with van der Waals surface area (Å²) in [7, 11) is 0. The number of aryl methyl sites for hydroxylation is 2. The van der Waals surface area contributed by atoms with Gasteiger partial charge in [-0.05, 0) is 63.9 Å². The van der Waals surface area contributed by atoms with E-state index in [0.29, 0.717) is 22.8 Å². The molecule has 2 aromatic carbocycles. The largest absolute Gasteiger partial charge is 0.479 e. The molecule has 0 aliphatic heterocycles. The first-order chi connectivity index (χ1) is 16.0. The molecule has 2 heterocycles. The molecule has 1 N–H and O–H groups in total. The molecule has 4 aromatic rings. The lowest BCUT2D eigenvalue weighted by molar-refractivity contribution is -0.160. The van der Waals surface area contributed by atoms with Crippen LogP contribution in [-0.4, -0.2) is 26.2 Å². The quantitative estimate of drug-likeness (QED) is 0.326. The molecule has 0 fully saturated rings. The Morgan fingerprint density at radius 3 is 2.29 bits per heavy atom. The molecule has 6 heteroatoms. The molecular formula is C28H29ClN2O3. The van der Waals surface area contributed by atoms with Gasteiger partial charge in [-0.2, -0.15) is 0 Å². The zero-order valence-corrected chi connectivity index (χ0v) is 20.8. The third-order valence-electron chi connectivity index (χ3n) is 5.70. The van der Waals surface area contributed by atoms with Crippen molar-refractivity contribution in [1.29, 1.82) is 0 Å². The van der Waals surface area contributed by atoms with Crippen molar-refractivity contribution in [2.75, 3.05) is 0 Å². The fourth-order valence-corrected chi connectivity index (χ4v) is 4.31. The summed E-state index contributed by atoms with van der Waals surface area (Å²) in [6.07, 6.45) is 0.848. The van der Waals surface area contributed by atoms with Crippen LogP contribution in [0.5, 0.6) is 0 Å². The molecule has 4 rings (SSSR count).